The molecule has 0 saturated carbocycles. The highest BCUT2D eigenvalue weighted by Gasteiger charge is 2.36. The first-order valence-electron chi connectivity index (χ1n) is 9.79. The number of carbonyl (C=O) groups excluding carboxylic acids is 1. The van der Waals surface area contributed by atoms with Gasteiger partial charge in [-0.25, -0.2) is 8.42 Å². The Kier molecular flexibility index (Phi) is 6.94. The standard InChI is InChI=1S/C22H21F3N2O5S/c1-3-32-21(29)12-27-18(11-20(26-27)22(23,24)25)17-9-8-16(10-19(17)33(2,30)31)15-6-4-14(13-28)5-7-15/h4-11,28H,3,12-13H2,1-2H3. The number of benzene rings is 2. The smallest absolute Gasteiger partial charge is 0.435 e. The van der Waals surface area contributed by atoms with E-state index in [-0.39, 0.29) is 29.4 Å². The number of ether oxygens (including phenoxy) is 1. The van der Waals surface area contributed by atoms with Crippen molar-refractivity contribution in [2.24, 2.45) is 0 Å². The van der Waals surface area contributed by atoms with Gasteiger partial charge in [0.15, 0.2) is 15.5 Å². The van der Waals surface area contributed by atoms with Crippen LogP contribution in [0, 0.1) is 0 Å². The van der Waals surface area contributed by atoms with Crippen LogP contribution in [-0.4, -0.2) is 42.1 Å². The minimum absolute atomic E-state index is 0.0273. The molecule has 33 heavy (non-hydrogen) atoms. The van der Waals surface area contributed by atoms with Crippen LogP contribution in [0.5, 0.6) is 0 Å². The van der Waals surface area contributed by atoms with Crippen LogP contribution in [0.1, 0.15) is 18.2 Å². The Hall–Kier alpha value is -3.18. The molecule has 0 aliphatic carbocycles. The topological polar surface area (TPSA) is 98.5 Å². The van der Waals surface area contributed by atoms with E-state index in [2.05, 4.69) is 5.10 Å². The zero-order valence-corrected chi connectivity index (χ0v) is 18.6. The maximum absolute atomic E-state index is 13.3. The number of esters is 1. The second-order valence-corrected chi connectivity index (χ2v) is 9.20. The number of sulfone groups is 1. The van der Waals surface area contributed by atoms with E-state index in [9.17, 15) is 31.5 Å². The van der Waals surface area contributed by atoms with Crippen molar-refractivity contribution in [2.75, 3.05) is 12.9 Å². The van der Waals surface area contributed by atoms with Gasteiger partial charge in [-0.1, -0.05) is 36.4 Å². The van der Waals surface area contributed by atoms with Crippen LogP contribution in [0.25, 0.3) is 22.4 Å². The molecule has 0 bridgehead atoms. The molecule has 0 aliphatic rings. The zero-order valence-electron chi connectivity index (χ0n) is 17.8. The lowest BCUT2D eigenvalue weighted by molar-refractivity contribution is -0.146. The molecule has 0 amide bonds. The summed E-state index contributed by atoms with van der Waals surface area (Å²) in [4.78, 5) is 11.7. The highest BCUT2D eigenvalue weighted by Crippen LogP contribution is 2.36. The van der Waals surface area contributed by atoms with Crippen LogP contribution in [0.15, 0.2) is 53.4 Å². The summed E-state index contributed by atoms with van der Waals surface area (Å²) in [5.74, 6) is -0.808. The number of carbonyl (C=O) groups is 1. The van der Waals surface area contributed by atoms with Crippen molar-refractivity contribution in [1.29, 1.82) is 0 Å². The monoisotopic (exact) mass is 482 g/mol. The number of aromatic nitrogens is 2. The molecule has 11 heteroatoms. The van der Waals surface area contributed by atoms with Gasteiger partial charge >= 0.3 is 12.1 Å². The van der Waals surface area contributed by atoms with Gasteiger partial charge in [0.05, 0.1) is 23.8 Å². The molecule has 2 aromatic carbocycles. The largest absolute Gasteiger partial charge is 0.465 e. The molecule has 0 fully saturated rings. The van der Waals surface area contributed by atoms with Crippen molar-refractivity contribution >= 4 is 15.8 Å². The van der Waals surface area contributed by atoms with E-state index in [1.807, 2.05) is 0 Å². The van der Waals surface area contributed by atoms with Crippen LogP contribution < -0.4 is 0 Å². The molecule has 176 valence electrons. The number of hydrogen-bond donors (Lipinski definition) is 1. The molecule has 3 aromatic rings. The molecular formula is C22H21F3N2O5S. The van der Waals surface area contributed by atoms with Crippen LogP contribution >= 0.6 is 0 Å². The molecule has 1 N–H and O–H groups in total. The fourth-order valence-electron chi connectivity index (χ4n) is 3.24. The summed E-state index contributed by atoms with van der Waals surface area (Å²) in [6.45, 7) is 0.809. The molecule has 0 aliphatic heterocycles. The molecule has 1 heterocycles. The third-order valence-electron chi connectivity index (χ3n) is 4.78. The number of alkyl halides is 3. The van der Waals surface area contributed by atoms with Crippen LogP contribution in [0.2, 0.25) is 0 Å². The Morgan fingerprint density at radius 1 is 1.09 bits per heavy atom. The minimum atomic E-state index is -4.80. The maximum atomic E-state index is 13.3. The number of hydrogen-bond acceptors (Lipinski definition) is 6. The Balaban J connectivity index is 2.18. The molecule has 3 rings (SSSR count). The van der Waals surface area contributed by atoms with Crippen LogP contribution in [0.3, 0.4) is 0 Å². The van der Waals surface area contributed by atoms with Gasteiger partial charge in [0.2, 0.25) is 0 Å². The number of aliphatic hydroxyl groups is 1. The molecule has 0 radical (unpaired) electrons. The van der Waals surface area contributed by atoms with Gasteiger partial charge in [-0.15, -0.1) is 0 Å². The molecule has 1 aromatic heterocycles. The summed E-state index contributed by atoms with van der Waals surface area (Å²) < 4.78 is 70.8. The average Bonchev–Trinajstić information content (AvgIpc) is 3.17. The maximum Gasteiger partial charge on any atom is 0.435 e. The summed E-state index contributed by atoms with van der Waals surface area (Å²) >= 11 is 0. The molecule has 7 nitrogen and oxygen atoms in total. The fraction of sp³-hybridized carbons (Fsp3) is 0.273. The first-order valence-corrected chi connectivity index (χ1v) is 11.7. The van der Waals surface area contributed by atoms with Crippen LogP contribution in [0.4, 0.5) is 13.2 Å². The number of nitrogens with zero attached hydrogens (tertiary/aromatic N) is 2. The van der Waals surface area contributed by atoms with E-state index in [0.29, 0.717) is 22.8 Å². The third kappa shape index (κ3) is 5.60. The molecule has 0 spiro atoms. The Bertz CT molecular complexity index is 1270. The lowest BCUT2D eigenvalue weighted by atomic mass is 10.0. The van der Waals surface area contributed by atoms with Gasteiger partial charge in [-0.05, 0) is 35.7 Å². The Morgan fingerprint density at radius 3 is 2.27 bits per heavy atom. The van der Waals surface area contributed by atoms with E-state index in [1.165, 1.54) is 12.1 Å². The molecule has 0 atom stereocenters. The summed E-state index contributed by atoms with van der Waals surface area (Å²) in [6.07, 6.45) is -3.85. The van der Waals surface area contributed by atoms with Crippen molar-refractivity contribution in [3.63, 3.8) is 0 Å². The van der Waals surface area contributed by atoms with E-state index >= 15 is 0 Å². The zero-order chi connectivity index (χ0) is 24.4. The molecular weight excluding hydrogens is 461 g/mol. The van der Waals surface area contributed by atoms with Crippen molar-refractivity contribution in [1.82, 2.24) is 9.78 Å². The van der Waals surface area contributed by atoms with Gasteiger partial charge in [0.25, 0.3) is 0 Å². The van der Waals surface area contributed by atoms with Gasteiger partial charge in [0.1, 0.15) is 6.54 Å². The molecule has 0 unspecified atom stereocenters. The van der Waals surface area contributed by atoms with Crippen molar-refractivity contribution < 1.29 is 36.2 Å². The fourth-order valence-corrected chi connectivity index (χ4v) is 4.16. The average molecular weight is 482 g/mol. The predicted molar refractivity (Wildman–Crippen MR) is 114 cm³/mol. The Labute approximate surface area is 188 Å². The Morgan fingerprint density at radius 2 is 1.73 bits per heavy atom. The third-order valence-corrected chi connectivity index (χ3v) is 5.92. The minimum Gasteiger partial charge on any atom is -0.465 e. The lowest BCUT2D eigenvalue weighted by Crippen LogP contribution is -2.17. The van der Waals surface area contributed by atoms with Gasteiger partial charge in [-0.2, -0.15) is 18.3 Å². The first-order chi connectivity index (χ1) is 15.4. The SMILES string of the molecule is CCOC(=O)Cn1nc(C(F)(F)F)cc1-c1ccc(-c2ccc(CO)cc2)cc1S(C)(=O)=O. The summed E-state index contributed by atoms with van der Waals surface area (Å²) in [5.41, 5.74) is 0.362. The summed E-state index contributed by atoms with van der Waals surface area (Å²) in [5, 5.41) is 12.7. The number of halogens is 3. The van der Waals surface area contributed by atoms with Crippen molar-refractivity contribution in [2.45, 2.75) is 31.1 Å². The van der Waals surface area contributed by atoms with Gasteiger partial charge < -0.3 is 9.84 Å². The quantitative estimate of drug-likeness (QED) is 0.516. The lowest BCUT2D eigenvalue weighted by Gasteiger charge is -2.13. The first kappa shape index (κ1) is 24.5. The van der Waals surface area contributed by atoms with Gasteiger partial charge in [-0.3, -0.25) is 9.48 Å². The second kappa shape index (κ2) is 9.36. The van der Waals surface area contributed by atoms with Gasteiger partial charge in [0, 0.05) is 11.8 Å². The van der Waals surface area contributed by atoms with E-state index in [0.717, 1.165) is 10.9 Å². The van der Waals surface area contributed by atoms with Crippen molar-refractivity contribution in [3.05, 3.63) is 59.8 Å². The number of rotatable bonds is 7. The number of aliphatic hydroxyl groups excluding tert-OH is 1. The highest BCUT2D eigenvalue weighted by atomic mass is 32.2. The highest BCUT2D eigenvalue weighted by molar-refractivity contribution is 7.90. The van der Waals surface area contributed by atoms with Crippen LogP contribution in [-0.2, 0) is 38.7 Å². The molecule has 0 saturated heterocycles. The normalized spacial score (nSPS) is 12.1. The van der Waals surface area contributed by atoms with Crippen molar-refractivity contribution in [3.8, 4) is 22.4 Å². The van der Waals surface area contributed by atoms with E-state index in [4.69, 9.17) is 4.74 Å². The van der Waals surface area contributed by atoms with E-state index < -0.39 is 34.2 Å². The summed E-state index contributed by atoms with van der Waals surface area (Å²) in [6, 6.07) is 11.7. The summed E-state index contributed by atoms with van der Waals surface area (Å²) in [7, 11) is -3.89. The predicted octanol–water partition coefficient (Wildman–Crippen LogP) is 3.69. The second-order valence-electron chi connectivity index (χ2n) is 7.21. The van der Waals surface area contributed by atoms with E-state index in [1.54, 1.807) is 37.3 Å².